The van der Waals surface area contributed by atoms with Gasteiger partial charge in [-0.2, -0.15) is 10.1 Å². The predicted molar refractivity (Wildman–Crippen MR) is 97.6 cm³/mol. The molecule has 3 rings (SSSR count). The molecule has 1 aromatic carbocycles. The largest absolute Gasteiger partial charge is 0.326 e. The van der Waals surface area contributed by atoms with Gasteiger partial charge in [0.25, 0.3) is 5.78 Å². The maximum Gasteiger partial charge on any atom is 0.252 e. The van der Waals surface area contributed by atoms with Crippen LogP contribution in [0, 0.1) is 13.8 Å². The quantitative estimate of drug-likeness (QED) is 0.749. The number of unbranched alkanes of at least 4 members (excludes halogenated alkanes) is 1. The molecule has 0 atom stereocenters. The van der Waals surface area contributed by atoms with E-state index in [1.165, 1.54) is 24.7 Å². The number of aryl methyl sites for hydroxylation is 3. The van der Waals surface area contributed by atoms with Crippen LogP contribution in [-0.4, -0.2) is 25.5 Å². The van der Waals surface area contributed by atoms with Crippen molar-refractivity contribution < 1.29 is 4.79 Å². The molecule has 25 heavy (non-hydrogen) atoms. The molecule has 0 saturated carbocycles. The Balaban J connectivity index is 1.70. The summed E-state index contributed by atoms with van der Waals surface area (Å²) in [6, 6.07) is 8.07. The summed E-state index contributed by atoms with van der Waals surface area (Å²) in [5.74, 6) is 0.496. The van der Waals surface area contributed by atoms with E-state index in [2.05, 4.69) is 39.4 Å². The average molecular weight is 337 g/mol. The molecule has 2 heterocycles. The van der Waals surface area contributed by atoms with Crippen LogP contribution in [0.4, 0.5) is 5.69 Å². The van der Waals surface area contributed by atoms with E-state index in [0.717, 1.165) is 29.1 Å². The van der Waals surface area contributed by atoms with Gasteiger partial charge in [-0.3, -0.25) is 4.79 Å². The normalized spacial score (nSPS) is 11.0. The molecule has 6 nitrogen and oxygen atoms in total. The van der Waals surface area contributed by atoms with Crippen molar-refractivity contribution in [2.24, 2.45) is 0 Å². The smallest absolute Gasteiger partial charge is 0.252 e. The number of amides is 1. The summed E-state index contributed by atoms with van der Waals surface area (Å²) in [4.78, 5) is 20.9. The zero-order valence-corrected chi connectivity index (χ0v) is 14.9. The Hall–Kier alpha value is -2.76. The van der Waals surface area contributed by atoms with E-state index >= 15 is 0 Å². The van der Waals surface area contributed by atoms with Gasteiger partial charge in [0, 0.05) is 22.6 Å². The van der Waals surface area contributed by atoms with E-state index in [4.69, 9.17) is 0 Å². The summed E-state index contributed by atoms with van der Waals surface area (Å²) < 4.78 is 1.66. The Bertz CT molecular complexity index is 883. The third-order valence-electron chi connectivity index (χ3n) is 4.38. The number of hydrogen-bond donors (Lipinski definition) is 1. The van der Waals surface area contributed by atoms with Gasteiger partial charge in [0.15, 0.2) is 0 Å². The van der Waals surface area contributed by atoms with E-state index in [-0.39, 0.29) is 12.3 Å². The van der Waals surface area contributed by atoms with Gasteiger partial charge in [-0.25, -0.2) is 9.50 Å². The summed E-state index contributed by atoms with van der Waals surface area (Å²) in [6.07, 6.45) is 5.17. The average Bonchev–Trinajstić information content (AvgIpc) is 3.06. The maximum absolute atomic E-state index is 12.4. The highest BCUT2D eigenvalue weighted by atomic mass is 16.1. The number of anilines is 1. The molecule has 0 fully saturated rings. The van der Waals surface area contributed by atoms with Gasteiger partial charge in [-0.1, -0.05) is 25.5 Å². The lowest BCUT2D eigenvalue weighted by molar-refractivity contribution is -0.115. The zero-order valence-electron chi connectivity index (χ0n) is 14.9. The van der Waals surface area contributed by atoms with E-state index in [1.54, 1.807) is 4.52 Å². The third-order valence-corrected chi connectivity index (χ3v) is 4.38. The molecular formula is C19H23N5O. The summed E-state index contributed by atoms with van der Waals surface area (Å²) in [7, 11) is 0. The minimum atomic E-state index is -0.0613. The molecule has 2 aromatic heterocycles. The van der Waals surface area contributed by atoms with Crippen LogP contribution in [0.25, 0.3) is 5.78 Å². The van der Waals surface area contributed by atoms with Crippen molar-refractivity contribution in [2.45, 2.75) is 46.5 Å². The Labute approximate surface area is 147 Å². The summed E-state index contributed by atoms with van der Waals surface area (Å²) in [6.45, 7) is 6.01. The molecule has 0 bridgehead atoms. The zero-order chi connectivity index (χ0) is 17.8. The van der Waals surface area contributed by atoms with Crippen LogP contribution in [0.5, 0.6) is 0 Å². The van der Waals surface area contributed by atoms with Crippen molar-refractivity contribution in [3.05, 3.63) is 53.1 Å². The van der Waals surface area contributed by atoms with Crippen LogP contribution < -0.4 is 5.32 Å². The van der Waals surface area contributed by atoms with Crippen LogP contribution in [-0.2, 0) is 17.6 Å². The van der Waals surface area contributed by atoms with Crippen molar-refractivity contribution in [1.29, 1.82) is 0 Å². The third kappa shape index (κ3) is 3.84. The van der Waals surface area contributed by atoms with E-state index in [9.17, 15) is 4.79 Å². The van der Waals surface area contributed by atoms with Crippen LogP contribution in [0.1, 0.15) is 42.3 Å². The molecule has 0 aliphatic carbocycles. The van der Waals surface area contributed by atoms with Crippen LogP contribution in [0.2, 0.25) is 0 Å². The Kier molecular flexibility index (Phi) is 5.07. The molecule has 130 valence electrons. The van der Waals surface area contributed by atoms with Gasteiger partial charge < -0.3 is 5.32 Å². The minimum absolute atomic E-state index is 0.0613. The number of carbonyl (C=O) groups is 1. The first-order chi connectivity index (χ1) is 12.1. The lowest BCUT2D eigenvalue weighted by Gasteiger charge is -2.11. The van der Waals surface area contributed by atoms with E-state index in [0.29, 0.717) is 5.78 Å². The van der Waals surface area contributed by atoms with E-state index < -0.39 is 0 Å². The number of aromatic nitrogens is 4. The lowest BCUT2D eigenvalue weighted by atomic mass is 10.1. The predicted octanol–water partition coefficient (Wildman–Crippen LogP) is 3.26. The fourth-order valence-corrected chi connectivity index (χ4v) is 2.91. The molecule has 1 amide bonds. The van der Waals surface area contributed by atoms with Crippen LogP contribution in [0.15, 0.2) is 30.6 Å². The van der Waals surface area contributed by atoms with Gasteiger partial charge in [0.2, 0.25) is 5.91 Å². The standard InChI is InChI=1S/C19H23N5O/c1-4-5-6-15-7-9-16(10-8-15)23-18(25)11-17-13(2)22-19-20-12-21-24(19)14(17)3/h7-10,12H,4-6,11H2,1-3H3,(H,23,25). The number of carbonyl (C=O) groups excluding carboxylic acids is 1. The van der Waals surface area contributed by atoms with Crippen molar-refractivity contribution in [2.75, 3.05) is 5.32 Å². The van der Waals surface area contributed by atoms with Gasteiger partial charge >= 0.3 is 0 Å². The Morgan fingerprint density at radius 1 is 1.20 bits per heavy atom. The highest BCUT2D eigenvalue weighted by molar-refractivity contribution is 5.92. The summed E-state index contributed by atoms with van der Waals surface area (Å²) >= 11 is 0. The number of fused-ring (bicyclic) bond motifs is 1. The molecular weight excluding hydrogens is 314 g/mol. The Morgan fingerprint density at radius 3 is 2.68 bits per heavy atom. The summed E-state index contributed by atoms with van der Waals surface area (Å²) in [5.41, 5.74) is 4.70. The fourth-order valence-electron chi connectivity index (χ4n) is 2.91. The molecule has 6 heteroatoms. The van der Waals surface area contributed by atoms with Crippen LogP contribution >= 0.6 is 0 Å². The monoisotopic (exact) mass is 337 g/mol. The lowest BCUT2D eigenvalue weighted by Crippen LogP contribution is -2.17. The SMILES string of the molecule is CCCCc1ccc(NC(=O)Cc2c(C)nc3ncnn3c2C)cc1. The topological polar surface area (TPSA) is 72.2 Å². The van der Waals surface area contributed by atoms with Gasteiger partial charge in [0.05, 0.1) is 6.42 Å². The second kappa shape index (κ2) is 7.42. The first kappa shape index (κ1) is 17.1. The molecule has 0 spiro atoms. The van der Waals surface area contributed by atoms with Crippen molar-refractivity contribution >= 4 is 17.4 Å². The first-order valence-corrected chi connectivity index (χ1v) is 8.63. The molecule has 0 aliphatic heterocycles. The fraction of sp³-hybridized carbons (Fsp3) is 0.368. The molecule has 0 aliphatic rings. The molecule has 0 saturated heterocycles. The van der Waals surface area contributed by atoms with Crippen molar-refractivity contribution in [3.8, 4) is 0 Å². The van der Waals surface area contributed by atoms with Crippen LogP contribution in [0.3, 0.4) is 0 Å². The molecule has 0 unspecified atom stereocenters. The minimum Gasteiger partial charge on any atom is -0.326 e. The number of hydrogen-bond acceptors (Lipinski definition) is 4. The molecule has 3 aromatic rings. The second-order valence-corrected chi connectivity index (χ2v) is 6.26. The van der Waals surface area contributed by atoms with Crippen molar-refractivity contribution in [1.82, 2.24) is 19.6 Å². The van der Waals surface area contributed by atoms with Gasteiger partial charge in [0.1, 0.15) is 6.33 Å². The number of rotatable bonds is 6. The maximum atomic E-state index is 12.4. The van der Waals surface area contributed by atoms with Gasteiger partial charge in [-0.15, -0.1) is 0 Å². The summed E-state index contributed by atoms with van der Waals surface area (Å²) in [5, 5.41) is 7.11. The second-order valence-electron chi connectivity index (χ2n) is 6.26. The Morgan fingerprint density at radius 2 is 1.96 bits per heavy atom. The number of nitrogens with one attached hydrogen (secondary N) is 1. The number of benzene rings is 1. The highest BCUT2D eigenvalue weighted by Crippen LogP contribution is 2.16. The van der Waals surface area contributed by atoms with E-state index in [1.807, 2.05) is 26.0 Å². The first-order valence-electron chi connectivity index (χ1n) is 8.63. The van der Waals surface area contributed by atoms with Crippen molar-refractivity contribution in [3.63, 3.8) is 0 Å². The number of nitrogens with zero attached hydrogens (tertiary/aromatic N) is 4. The van der Waals surface area contributed by atoms with Gasteiger partial charge in [-0.05, 0) is 44.4 Å². The highest BCUT2D eigenvalue weighted by Gasteiger charge is 2.14. The molecule has 0 radical (unpaired) electrons. The molecule has 1 N–H and O–H groups in total.